The molecule has 7 heteroatoms. The molecule has 1 unspecified atom stereocenters. The molecule has 5 nitrogen and oxygen atoms in total. The molecule has 80 valence electrons. The quantitative estimate of drug-likeness (QED) is 0.801. The van der Waals surface area contributed by atoms with Crippen molar-refractivity contribution in [3.63, 3.8) is 0 Å². The van der Waals surface area contributed by atoms with Gasteiger partial charge in [0, 0.05) is 11.8 Å². The van der Waals surface area contributed by atoms with E-state index < -0.39 is 0 Å². The highest BCUT2D eigenvalue weighted by molar-refractivity contribution is 9.10. The van der Waals surface area contributed by atoms with Gasteiger partial charge in [-0.25, -0.2) is 4.98 Å². The van der Waals surface area contributed by atoms with Crippen LogP contribution in [0.25, 0.3) is 0 Å². The minimum Gasteiger partial charge on any atom is -0.350 e. The van der Waals surface area contributed by atoms with Gasteiger partial charge in [-0.15, -0.1) is 11.3 Å². The van der Waals surface area contributed by atoms with E-state index in [0.29, 0.717) is 18.0 Å². The summed E-state index contributed by atoms with van der Waals surface area (Å²) in [4.78, 5) is 26.4. The monoisotopic (exact) mass is 289 g/mol. The Bertz CT molecular complexity index is 406. The maximum atomic E-state index is 11.4. The molecular weight excluding hydrogens is 282 g/mol. The molecule has 0 saturated carbocycles. The van der Waals surface area contributed by atoms with Crippen LogP contribution in [0.2, 0.25) is 0 Å². The third-order valence-corrected chi connectivity index (χ3v) is 3.50. The van der Waals surface area contributed by atoms with E-state index >= 15 is 0 Å². The van der Waals surface area contributed by atoms with Crippen molar-refractivity contribution in [1.29, 1.82) is 0 Å². The van der Waals surface area contributed by atoms with Crippen molar-refractivity contribution in [2.24, 2.45) is 0 Å². The molecule has 1 aromatic rings. The summed E-state index contributed by atoms with van der Waals surface area (Å²) in [6.07, 6.45) is 0.887. The topological polar surface area (TPSA) is 71.1 Å². The molecule has 0 radical (unpaired) electrons. The van der Waals surface area contributed by atoms with Crippen LogP contribution >= 0.6 is 27.3 Å². The minimum atomic E-state index is -0.360. The molecule has 2 rings (SSSR count). The number of carbonyl (C=O) groups excluding carboxylic acids is 2. The first-order valence-electron chi connectivity index (χ1n) is 4.36. The SMILES string of the molecule is O=C1CCC(Nc2nc(Br)cs2)C(=O)N1. The molecule has 0 bridgehead atoms. The van der Waals surface area contributed by atoms with Crippen LogP contribution in [0.5, 0.6) is 0 Å². The molecule has 15 heavy (non-hydrogen) atoms. The van der Waals surface area contributed by atoms with Crippen LogP contribution in [0, 0.1) is 0 Å². The van der Waals surface area contributed by atoms with Gasteiger partial charge in [0.1, 0.15) is 10.6 Å². The molecule has 2 N–H and O–H groups in total. The molecule has 1 aromatic heterocycles. The number of rotatable bonds is 2. The molecule has 1 aliphatic rings. The van der Waals surface area contributed by atoms with Crippen molar-refractivity contribution in [2.45, 2.75) is 18.9 Å². The Morgan fingerprint density at radius 1 is 1.60 bits per heavy atom. The molecule has 0 aliphatic carbocycles. The van der Waals surface area contributed by atoms with Gasteiger partial charge in [0.05, 0.1) is 0 Å². The highest BCUT2D eigenvalue weighted by Gasteiger charge is 2.26. The summed E-state index contributed by atoms with van der Waals surface area (Å²) in [6, 6.07) is -0.360. The second-order valence-electron chi connectivity index (χ2n) is 3.12. The number of amides is 2. The van der Waals surface area contributed by atoms with E-state index in [4.69, 9.17) is 0 Å². The Hall–Kier alpha value is -0.950. The number of carbonyl (C=O) groups is 2. The van der Waals surface area contributed by atoms with E-state index in [1.54, 1.807) is 0 Å². The molecule has 1 saturated heterocycles. The lowest BCUT2D eigenvalue weighted by Crippen LogP contribution is -2.47. The van der Waals surface area contributed by atoms with Gasteiger partial charge in [-0.1, -0.05) is 0 Å². The highest BCUT2D eigenvalue weighted by atomic mass is 79.9. The molecule has 0 spiro atoms. The lowest BCUT2D eigenvalue weighted by atomic mass is 10.1. The Morgan fingerprint density at radius 3 is 3.00 bits per heavy atom. The molecule has 2 amide bonds. The summed E-state index contributed by atoms with van der Waals surface area (Å²) in [7, 11) is 0. The van der Waals surface area contributed by atoms with Crippen LogP contribution in [0.1, 0.15) is 12.8 Å². The van der Waals surface area contributed by atoms with Gasteiger partial charge in [-0.2, -0.15) is 0 Å². The van der Waals surface area contributed by atoms with Crippen LogP contribution < -0.4 is 10.6 Å². The fourth-order valence-corrected chi connectivity index (χ4v) is 2.50. The Kier molecular flexibility index (Phi) is 3.01. The number of halogens is 1. The molecule has 1 atom stereocenters. The number of piperidine rings is 1. The van der Waals surface area contributed by atoms with Crippen molar-refractivity contribution < 1.29 is 9.59 Å². The Labute approximate surface area is 98.4 Å². The van der Waals surface area contributed by atoms with Gasteiger partial charge in [0.15, 0.2) is 5.13 Å². The van der Waals surface area contributed by atoms with E-state index in [9.17, 15) is 9.59 Å². The second kappa shape index (κ2) is 4.28. The first-order chi connectivity index (χ1) is 7.15. The third-order valence-electron chi connectivity index (χ3n) is 2.01. The normalized spacial score (nSPS) is 21.3. The van der Waals surface area contributed by atoms with Crippen LogP contribution in [0.15, 0.2) is 9.98 Å². The predicted molar refractivity (Wildman–Crippen MR) is 59.6 cm³/mol. The summed E-state index contributed by atoms with van der Waals surface area (Å²) in [5, 5.41) is 7.77. The van der Waals surface area contributed by atoms with Crippen molar-refractivity contribution in [1.82, 2.24) is 10.3 Å². The largest absolute Gasteiger partial charge is 0.350 e. The van der Waals surface area contributed by atoms with Gasteiger partial charge in [0.2, 0.25) is 11.8 Å². The van der Waals surface area contributed by atoms with Crippen LogP contribution in [0.3, 0.4) is 0 Å². The number of hydrogen-bond acceptors (Lipinski definition) is 5. The molecule has 2 heterocycles. The maximum absolute atomic E-state index is 11.4. The number of thiazole rings is 1. The van der Waals surface area contributed by atoms with E-state index in [1.165, 1.54) is 11.3 Å². The second-order valence-corrected chi connectivity index (χ2v) is 4.79. The zero-order valence-corrected chi connectivity index (χ0v) is 10.0. The van der Waals surface area contributed by atoms with Gasteiger partial charge in [0.25, 0.3) is 0 Å². The first-order valence-corrected chi connectivity index (χ1v) is 6.03. The van der Waals surface area contributed by atoms with Crippen molar-refractivity contribution in [3.8, 4) is 0 Å². The summed E-state index contributed by atoms with van der Waals surface area (Å²) in [6.45, 7) is 0. The number of nitrogens with zero attached hydrogens (tertiary/aromatic N) is 1. The van der Waals surface area contributed by atoms with Crippen molar-refractivity contribution >= 4 is 44.2 Å². The van der Waals surface area contributed by atoms with Crippen LogP contribution in [0.4, 0.5) is 5.13 Å². The Balaban J connectivity index is 2.00. The van der Waals surface area contributed by atoms with Gasteiger partial charge in [-0.05, 0) is 22.4 Å². The van der Waals surface area contributed by atoms with Gasteiger partial charge in [-0.3, -0.25) is 14.9 Å². The molecule has 0 aromatic carbocycles. The number of anilines is 1. The number of aromatic nitrogens is 1. The van der Waals surface area contributed by atoms with E-state index in [0.717, 1.165) is 4.60 Å². The zero-order chi connectivity index (χ0) is 10.8. The number of imide groups is 1. The van der Waals surface area contributed by atoms with E-state index in [1.807, 2.05) is 5.38 Å². The first kappa shape index (κ1) is 10.6. The molecule has 1 aliphatic heterocycles. The number of nitrogens with one attached hydrogen (secondary N) is 2. The molecule has 1 fully saturated rings. The average Bonchev–Trinajstić information content (AvgIpc) is 2.56. The lowest BCUT2D eigenvalue weighted by molar-refractivity contribution is -0.133. The van der Waals surface area contributed by atoms with E-state index in [-0.39, 0.29) is 17.9 Å². The van der Waals surface area contributed by atoms with E-state index in [2.05, 4.69) is 31.5 Å². The smallest absolute Gasteiger partial charge is 0.249 e. The van der Waals surface area contributed by atoms with Gasteiger partial charge < -0.3 is 5.32 Å². The third kappa shape index (κ3) is 2.54. The summed E-state index contributed by atoms with van der Waals surface area (Å²) >= 11 is 4.64. The lowest BCUT2D eigenvalue weighted by Gasteiger charge is -2.21. The average molecular weight is 290 g/mol. The van der Waals surface area contributed by atoms with Crippen molar-refractivity contribution in [2.75, 3.05) is 5.32 Å². The van der Waals surface area contributed by atoms with Crippen LogP contribution in [-0.2, 0) is 9.59 Å². The zero-order valence-electron chi connectivity index (χ0n) is 7.62. The predicted octanol–water partition coefficient (Wildman–Crippen LogP) is 1.12. The highest BCUT2D eigenvalue weighted by Crippen LogP contribution is 2.21. The number of hydrogen-bond donors (Lipinski definition) is 2. The fraction of sp³-hybridized carbons (Fsp3) is 0.375. The van der Waals surface area contributed by atoms with Crippen molar-refractivity contribution in [3.05, 3.63) is 9.98 Å². The maximum Gasteiger partial charge on any atom is 0.249 e. The summed E-state index contributed by atoms with van der Waals surface area (Å²) in [5.74, 6) is -0.490. The minimum absolute atomic E-state index is 0.210. The Morgan fingerprint density at radius 2 is 2.40 bits per heavy atom. The molecular formula is C8H8BrN3O2S. The summed E-state index contributed by atoms with van der Waals surface area (Å²) < 4.78 is 0.738. The summed E-state index contributed by atoms with van der Waals surface area (Å²) in [5.41, 5.74) is 0. The van der Waals surface area contributed by atoms with Crippen LogP contribution in [-0.4, -0.2) is 22.8 Å². The standard InChI is InChI=1S/C8H8BrN3O2S/c9-5-3-15-8(11-5)10-4-1-2-6(13)12-7(4)14/h3-4H,1-2H2,(H,10,11)(H,12,13,14). The van der Waals surface area contributed by atoms with Gasteiger partial charge >= 0.3 is 0 Å². The fourth-order valence-electron chi connectivity index (χ4n) is 1.30.